The van der Waals surface area contributed by atoms with Crippen LogP contribution in [0.25, 0.3) is 0 Å². The fourth-order valence-corrected chi connectivity index (χ4v) is 3.57. The lowest BCUT2D eigenvalue weighted by atomic mass is 9.96. The highest BCUT2D eigenvalue weighted by Gasteiger charge is 2.36. The first-order valence-electron chi connectivity index (χ1n) is 8.16. The zero-order chi connectivity index (χ0) is 15.5. The van der Waals surface area contributed by atoms with Gasteiger partial charge in [0.05, 0.1) is 12.1 Å². The van der Waals surface area contributed by atoms with Crippen LogP contribution < -0.4 is 5.32 Å². The number of nitriles is 1. The van der Waals surface area contributed by atoms with Crippen molar-refractivity contribution in [3.05, 3.63) is 35.4 Å². The van der Waals surface area contributed by atoms with Crippen LogP contribution in [-0.4, -0.2) is 36.0 Å². The average Bonchev–Trinajstić information content (AvgIpc) is 3.17. The van der Waals surface area contributed by atoms with Gasteiger partial charge in [0.15, 0.2) is 0 Å². The van der Waals surface area contributed by atoms with E-state index in [1.165, 1.54) is 11.1 Å². The minimum atomic E-state index is -0.217. The second kappa shape index (κ2) is 6.50. The quantitative estimate of drug-likeness (QED) is 0.929. The molecule has 116 valence electrons. The average molecular weight is 297 g/mol. The Bertz CT molecular complexity index is 575. The molecule has 1 N–H and O–H groups in total. The van der Waals surface area contributed by atoms with Crippen LogP contribution in [0.4, 0.5) is 0 Å². The number of rotatable bonds is 3. The molecule has 2 saturated heterocycles. The van der Waals surface area contributed by atoms with Crippen molar-refractivity contribution in [3.8, 4) is 6.07 Å². The topological polar surface area (TPSA) is 56.1 Å². The Kier molecular flexibility index (Phi) is 4.44. The van der Waals surface area contributed by atoms with Crippen LogP contribution in [0.1, 0.15) is 30.4 Å². The molecule has 0 unspecified atom stereocenters. The van der Waals surface area contributed by atoms with E-state index >= 15 is 0 Å². The van der Waals surface area contributed by atoms with Gasteiger partial charge in [-0.05, 0) is 50.6 Å². The number of aryl methyl sites for hydroxylation is 1. The van der Waals surface area contributed by atoms with Crippen molar-refractivity contribution in [2.24, 2.45) is 5.92 Å². The summed E-state index contributed by atoms with van der Waals surface area (Å²) in [4.78, 5) is 14.3. The molecule has 4 heteroatoms. The molecule has 0 saturated carbocycles. The fourth-order valence-electron chi connectivity index (χ4n) is 3.57. The van der Waals surface area contributed by atoms with Gasteiger partial charge in [-0.1, -0.05) is 29.8 Å². The van der Waals surface area contributed by atoms with E-state index in [2.05, 4.69) is 42.6 Å². The predicted molar refractivity (Wildman–Crippen MR) is 85.1 cm³/mol. The zero-order valence-electron chi connectivity index (χ0n) is 13.1. The summed E-state index contributed by atoms with van der Waals surface area (Å²) in [5, 5.41) is 12.5. The molecule has 3 atom stereocenters. The third kappa shape index (κ3) is 3.15. The van der Waals surface area contributed by atoms with Gasteiger partial charge >= 0.3 is 0 Å². The monoisotopic (exact) mass is 297 g/mol. The van der Waals surface area contributed by atoms with Crippen molar-refractivity contribution < 1.29 is 4.79 Å². The Morgan fingerprint density at radius 3 is 2.91 bits per heavy atom. The summed E-state index contributed by atoms with van der Waals surface area (Å²) in [5.74, 6) is 0.621. The summed E-state index contributed by atoms with van der Waals surface area (Å²) in [6, 6.07) is 10.6. The number of carbonyl (C=O) groups excluding carboxylic acids is 1. The van der Waals surface area contributed by atoms with Crippen LogP contribution in [0.5, 0.6) is 0 Å². The van der Waals surface area contributed by atoms with E-state index in [4.69, 9.17) is 5.26 Å². The van der Waals surface area contributed by atoms with Crippen molar-refractivity contribution in [1.29, 1.82) is 5.26 Å². The van der Waals surface area contributed by atoms with Crippen LogP contribution >= 0.6 is 0 Å². The Labute approximate surface area is 132 Å². The summed E-state index contributed by atoms with van der Waals surface area (Å²) in [6.45, 7) is 3.71. The number of amides is 1. The van der Waals surface area contributed by atoms with E-state index in [0.29, 0.717) is 5.92 Å². The molecule has 2 fully saturated rings. The van der Waals surface area contributed by atoms with Crippen molar-refractivity contribution in [2.45, 2.75) is 44.7 Å². The number of nitrogens with zero attached hydrogens (tertiary/aromatic N) is 2. The van der Waals surface area contributed by atoms with Crippen molar-refractivity contribution in [2.75, 3.05) is 13.1 Å². The highest BCUT2D eigenvalue weighted by atomic mass is 16.2. The van der Waals surface area contributed by atoms with Crippen LogP contribution in [0.2, 0.25) is 0 Å². The number of hydrogen-bond donors (Lipinski definition) is 1. The molecular formula is C18H23N3O. The van der Waals surface area contributed by atoms with E-state index in [-0.39, 0.29) is 18.0 Å². The summed E-state index contributed by atoms with van der Waals surface area (Å²) < 4.78 is 0. The minimum absolute atomic E-state index is 0.107. The normalized spacial score (nSPS) is 27.8. The molecule has 22 heavy (non-hydrogen) atoms. The summed E-state index contributed by atoms with van der Waals surface area (Å²) in [7, 11) is 0. The van der Waals surface area contributed by atoms with Gasteiger partial charge in [0.25, 0.3) is 0 Å². The van der Waals surface area contributed by atoms with Gasteiger partial charge in [0.2, 0.25) is 5.91 Å². The first kappa shape index (κ1) is 15.1. The number of benzene rings is 1. The summed E-state index contributed by atoms with van der Waals surface area (Å²) in [5.41, 5.74) is 2.61. The maximum atomic E-state index is 12.6. The molecule has 0 aromatic heterocycles. The molecule has 2 aliphatic heterocycles. The predicted octanol–water partition coefficient (Wildman–Crippen LogP) is 2.03. The van der Waals surface area contributed by atoms with Gasteiger partial charge in [-0.3, -0.25) is 4.79 Å². The number of nitrogens with one attached hydrogen (secondary N) is 1. The van der Waals surface area contributed by atoms with Gasteiger partial charge in [-0.15, -0.1) is 0 Å². The molecule has 2 aliphatic rings. The molecule has 1 aromatic rings. The van der Waals surface area contributed by atoms with E-state index < -0.39 is 0 Å². The standard InChI is InChI=1S/C18H23N3O/c1-13-4-6-14(7-5-13)9-15-10-17(20-12-15)18(22)21-8-2-3-16(21)11-19/h4-7,15-17,20H,2-3,8-10,12H2,1H3/t15-,16-,17-/m0/s1. The van der Waals surface area contributed by atoms with Crippen molar-refractivity contribution >= 4 is 5.91 Å². The third-order valence-corrected chi connectivity index (χ3v) is 4.85. The van der Waals surface area contributed by atoms with E-state index in [1.54, 1.807) is 4.90 Å². The lowest BCUT2D eigenvalue weighted by Crippen LogP contribution is -2.45. The molecule has 1 aromatic carbocycles. The van der Waals surface area contributed by atoms with E-state index in [0.717, 1.165) is 38.8 Å². The molecule has 2 heterocycles. The first-order valence-corrected chi connectivity index (χ1v) is 8.16. The van der Waals surface area contributed by atoms with E-state index in [1.807, 2.05) is 0 Å². The highest BCUT2D eigenvalue weighted by molar-refractivity contribution is 5.83. The minimum Gasteiger partial charge on any atom is -0.325 e. The summed E-state index contributed by atoms with van der Waals surface area (Å²) >= 11 is 0. The number of carbonyl (C=O) groups is 1. The Balaban J connectivity index is 1.57. The molecular weight excluding hydrogens is 274 g/mol. The van der Waals surface area contributed by atoms with Gasteiger partial charge in [0, 0.05) is 6.54 Å². The maximum absolute atomic E-state index is 12.6. The highest BCUT2D eigenvalue weighted by Crippen LogP contribution is 2.24. The van der Waals surface area contributed by atoms with Crippen molar-refractivity contribution in [1.82, 2.24) is 10.2 Å². The number of likely N-dealkylation sites (tertiary alicyclic amines) is 1. The van der Waals surface area contributed by atoms with Crippen molar-refractivity contribution in [3.63, 3.8) is 0 Å². The van der Waals surface area contributed by atoms with Crippen LogP contribution in [0, 0.1) is 24.2 Å². The molecule has 0 bridgehead atoms. The third-order valence-electron chi connectivity index (χ3n) is 4.85. The van der Waals surface area contributed by atoms with Gasteiger partial charge in [-0.2, -0.15) is 5.26 Å². The summed E-state index contributed by atoms with van der Waals surface area (Å²) in [6.07, 6.45) is 3.66. The number of hydrogen-bond acceptors (Lipinski definition) is 3. The SMILES string of the molecule is Cc1ccc(C[C@@H]2CN[C@H](C(=O)N3CCC[C@H]3C#N)C2)cc1. The van der Waals surface area contributed by atoms with E-state index in [9.17, 15) is 4.79 Å². The van der Waals surface area contributed by atoms with Crippen LogP contribution in [-0.2, 0) is 11.2 Å². The second-order valence-electron chi connectivity index (χ2n) is 6.57. The second-order valence-corrected chi connectivity index (χ2v) is 6.57. The molecule has 4 nitrogen and oxygen atoms in total. The Hall–Kier alpha value is -1.86. The Morgan fingerprint density at radius 2 is 2.18 bits per heavy atom. The van der Waals surface area contributed by atoms with Gasteiger partial charge in [-0.25, -0.2) is 0 Å². The largest absolute Gasteiger partial charge is 0.325 e. The van der Waals surface area contributed by atoms with Gasteiger partial charge in [0.1, 0.15) is 6.04 Å². The molecule has 0 spiro atoms. The lowest BCUT2D eigenvalue weighted by Gasteiger charge is -2.23. The van der Waals surface area contributed by atoms with Gasteiger partial charge < -0.3 is 10.2 Å². The maximum Gasteiger partial charge on any atom is 0.240 e. The molecule has 0 radical (unpaired) electrons. The Morgan fingerprint density at radius 1 is 1.41 bits per heavy atom. The molecule has 1 amide bonds. The van der Waals surface area contributed by atoms with Crippen LogP contribution in [0.15, 0.2) is 24.3 Å². The molecule has 0 aliphatic carbocycles. The molecule has 3 rings (SSSR count). The smallest absolute Gasteiger partial charge is 0.240 e. The fraction of sp³-hybridized carbons (Fsp3) is 0.556. The first-order chi connectivity index (χ1) is 10.7. The lowest BCUT2D eigenvalue weighted by molar-refractivity contribution is -0.133. The van der Waals surface area contributed by atoms with Crippen LogP contribution in [0.3, 0.4) is 0 Å². The zero-order valence-corrected chi connectivity index (χ0v) is 13.1.